The van der Waals surface area contributed by atoms with E-state index in [9.17, 15) is 0 Å². The monoisotopic (exact) mass is 835 g/mol. The predicted molar refractivity (Wildman–Crippen MR) is 208 cm³/mol. The van der Waals surface area contributed by atoms with Crippen LogP contribution in [0.2, 0.25) is 0 Å². The Bertz CT molecular complexity index is 2060. The molecule has 0 unspecified atom stereocenters. The van der Waals surface area contributed by atoms with Crippen molar-refractivity contribution in [3.63, 3.8) is 0 Å². The zero-order valence-electron chi connectivity index (χ0n) is 31.5. The Morgan fingerprint density at radius 3 is 1.84 bits per heavy atom. The fourth-order valence-corrected chi connectivity index (χ4v) is 6.78. The van der Waals surface area contributed by atoms with Gasteiger partial charge in [-0.05, 0) is 66.6 Å². The van der Waals surface area contributed by atoms with Crippen molar-refractivity contribution >= 4 is 10.8 Å². The zero-order valence-corrected chi connectivity index (χ0v) is 33.9. The van der Waals surface area contributed by atoms with Crippen LogP contribution in [-0.2, 0) is 41.8 Å². The molecule has 1 aliphatic carbocycles. The van der Waals surface area contributed by atoms with Gasteiger partial charge in [0.05, 0.1) is 0 Å². The smallest absolute Gasteiger partial charge is 0.0198 e. The number of pyridine rings is 2. The van der Waals surface area contributed by atoms with Gasteiger partial charge in [-0.25, -0.2) is 0 Å². The van der Waals surface area contributed by atoms with Gasteiger partial charge >= 0.3 is 0 Å². The number of aromatic nitrogens is 2. The Labute approximate surface area is 314 Å². The summed E-state index contributed by atoms with van der Waals surface area (Å²) in [6, 6.07) is 39.5. The first-order chi connectivity index (χ1) is 22.9. The van der Waals surface area contributed by atoms with Gasteiger partial charge in [0, 0.05) is 32.5 Å². The van der Waals surface area contributed by atoms with Crippen molar-refractivity contribution < 1.29 is 20.1 Å². The fourth-order valence-electron chi connectivity index (χ4n) is 6.78. The first-order valence-corrected chi connectivity index (χ1v) is 17.5. The minimum atomic E-state index is -0.0585. The first kappa shape index (κ1) is 37.3. The maximum absolute atomic E-state index is 4.66. The van der Waals surface area contributed by atoms with Crippen molar-refractivity contribution in [1.82, 2.24) is 9.97 Å². The Morgan fingerprint density at radius 2 is 1.22 bits per heavy atom. The van der Waals surface area contributed by atoms with Gasteiger partial charge in [0.2, 0.25) is 0 Å². The third-order valence-corrected chi connectivity index (χ3v) is 9.95. The van der Waals surface area contributed by atoms with Crippen LogP contribution in [0.5, 0.6) is 0 Å². The molecule has 0 fully saturated rings. The SMILES string of the molecule is CC(C)(C)c1c[c-]c(-c2ccc(C(C)(C)C)cn2)cc1.CC(C)(C)c1ccnc(-c2[c-]cc3c(c2)C(C)(C)c2c-3ccc3ccccc23)c1.[Ir]. The van der Waals surface area contributed by atoms with E-state index in [1.807, 2.05) is 12.4 Å². The van der Waals surface area contributed by atoms with Gasteiger partial charge in [-0.3, -0.25) is 0 Å². The molecule has 1 radical (unpaired) electrons. The van der Waals surface area contributed by atoms with Gasteiger partial charge in [0.15, 0.2) is 0 Å². The first-order valence-electron chi connectivity index (χ1n) is 17.5. The number of rotatable bonds is 2. The molecule has 0 saturated carbocycles. The second kappa shape index (κ2) is 13.7. The second-order valence-corrected chi connectivity index (χ2v) is 17.1. The van der Waals surface area contributed by atoms with E-state index in [0.29, 0.717) is 0 Å². The molecule has 6 aromatic rings. The third kappa shape index (κ3) is 7.41. The van der Waals surface area contributed by atoms with Crippen LogP contribution in [-0.4, -0.2) is 9.97 Å². The number of benzene rings is 4. The number of nitrogens with zero attached hydrogens (tertiary/aromatic N) is 2. The maximum atomic E-state index is 4.66. The van der Waals surface area contributed by atoms with Crippen molar-refractivity contribution in [2.75, 3.05) is 0 Å². The van der Waals surface area contributed by atoms with Crippen LogP contribution in [0.3, 0.4) is 0 Å². The Balaban J connectivity index is 0.000000204. The fraction of sp³-hybridized carbons (Fsp3) is 0.319. The van der Waals surface area contributed by atoms with Crippen molar-refractivity contribution in [1.29, 1.82) is 0 Å². The summed E-state index contributed by atoms with van der Waals surface area (Å²) in [5.41, 5.74) is 13.7. The molecule has 50 heavy (non-hydrogen) atoms. The second-order valence-electron chi connectivity index (χ2n) is 17.1. The normalized spacial score (nSPS) is 13.5. The maximum Gasteiger partial charge on any atom is 0.0198 e. The molecule has 0 aliphatic heterocycles. The quantitative estimate of drug-likeness (QED) is 0.162. The average molecular weight is 835 g/mol. The molecule has 0 spiro atoms. The molecule has 0 amide bonds. The molecule has 1 aliphatic rings. The van der Waals surface area contributed by atoms with Gasteiger partial charge in [0.1, 0.15) is 0 Å². The largest absolute Gasteiger partial charge is 0.305 e. The molecule has 4 aromatic carbocycles. The number of hydrogen-bond donors (Lipinski definition) is 0. The van der Waals surface area contributed by atoms with Gasteiger partial charge in [0.25, 0.3) is 0 Å². The summed E-state index contributed by atoms with van der Waals surface area (Å²) in [5, 5.41) is 2.65. The van der Waals surface area contributed by atoms with Crippen LogP contribution in [0.4, 0.5) is 0 Å². The molecule has 0 N–H and O–H groups in total. The molecule has 3 heteroatoms. The van der Waals surface area contributed by atoms with E-state index in [-0.39, 0.29) is 41.8 Å². The van der Waals surface area contributed by atoms with Crippen LogP contribution in [0, 0.1) is 12.1 Å². The Hall–Kier alpha value is -3.91. The Morgan fingerprint density at radius 1 is 0.560 bits per heavy atom. The Kier molecular flexibility index (Phi) is 10.2. The summed E-state index contributed by atoms with van der Waals surface area (Å²) in [5.74, 6) is 0. The average Bonchev–Trinajstić information content (AvgIpc) is 3.30. The van der Waals surface area contributed by atoms with Crippen molar-refractivity contribution in [3.8, 4) is 33.6 Å². The standard InChI is InChI=1S/C28H26N.C19H24N.Ir/c1-27(2,3)20-14-15-29-25(17-20)19-11-12-22-23-13-10-18-8-6-7-9-21(18)26(23)28(4,5)24(22)16-19;1-18(2,3)15-9-7-14(8-10-15)17-12-11-16(13-20-17)19(4,5)6;/h6-10,12-17H,1-5H3;7,9-13H,1-6H3;/q2*-1;. The summed E-state index contributed by atoms with van der Waals surface area (Å²) in [6.07, 6.45) is 3.89. The minimum absolute atomic E-state index is 0. The van der Waals surface area contributed by atoms with E-state index in [2.05, 4.69) is 189 Å². The number of fused-ring (bicyclic) bond motifs is 5. The predicted octanol–water partition coefficient (Wildman–Crippen LogP) is 12.4. The van der Waals surface area contributed by atoms with E-state index in [1.165, 1.54) is 49.7 Å². The van der Waals surface area contributed by atoms with Gasteiger partial charge in [-0.1, -0.05) is 142 Å². The van der Waals surface area contributed by atoms with Crippen LogP contribution in [0.1, 0.15) is 104 Å². The minimum Gasteiger partial charge on any atom is -0.305 e. The van der Waals surface area contributed by atoms with Crippen molar-refractivity contribution in [2.24, 2.45) is 0 Å². The van der Waals surface area contributed by atoms with Crippen molar-refractivity contribution in [3.05, 3.63) is 143 Å². The third-order valence-electron chi connectivity index (χ3n) is 9.95. The summed E-state index contributed by atoms with van der Waals surface area (Å²) >= 11 is 0. The molecular formula is C47H50IrN2-2. The summed E-state index contributed by atoms with van der Waals surface area (Å²) < 4.78 is 0. The molecule has 2 heterocycles. The molecule has 2 nitrogen and oxygen atoms in total. The molecule has 259 valence electrons. The van der Waals surface area contributed by atoms with Gasteiger partial charge in [-0.15, -0.1) is 64.7 Å². The van der Waals surface area contributed by atoms with E-state index in [0.717, 1.165) is 22.5 Å². The van der Waals surface area contributed by atoms with E-state index in [1.54, 1.807) is 0 Å². The molecule has 0 atom stereocenters. The number of hydrogen-bond acceptors (Lipinski definition) is 2. The molecule has 2 aromatic heterocycles. The van der Waals surface area contributed by atoms with Crippen molar-refractivity contribution in [2.45, 2.75) is 97.8 Å². The van der Waals surface area contributed by atoms with Gasteiger partial charge < -0.3 is 9.97 Å². The zero-order chi connectivity index (χ0) is 35.4. The molecule has 0 bridgehead atoms. The van der Waals surface area contributed by atoms with Gasteiger partial charge in [-0.2, -0.15) is 0 Å². The summed E-state index contributed by atoms with van der Waals surface area (Å²) in [4.78, 5) is 9.24. The van der Waals surface area contributed by atoms with Crippen LogP contribution in [0.25, 0.3) is 44.4 Å². The molecule has 7 rings (SSSR count). The molecular weight excluding hydrogens is 785 g/mol. The summed E-state index contributed by atoms with van der Waals surface area (Å²) in [6.45, 7) is 24.6. The topological polar surface area (TPSA) is 25.8 Å². The summed E-state index contributed by atoms with van der Waals surface area (Å²) in [7, 11) is 0. The van der Waals surface area contributed by atoms with E-state index < -0.39 is 0 Å². The van der Waals surface area contributed by atoms with Crippen LogP contribution >= 0.6 is 0 Å². The van der Waals surface area contributed by atoms with E-state index in [4.69, 9.17) is 0 Å². The molecule has 0 saturated heterocycles. The van der Waals surface area contributed by atoms with E-state index >= 15 is 0 Å². The van der Waals surface area contributed by atoms with Crippen LogP contribution in [0.15, 0.2) is 103 Å². The van der Waals surface area contributed by atoms with Crippen LogP contribution < -0.4 is 0 Å².